The molecule has 0 saturated heterocycles. The lowest BCUT2D eigenvalue weighted by molar-refractivity contribution is 0.0921. The summed E-state index contributed by atoms with van der Waals surface area (Å²) in [5, 5.41) is 4.86. The van der Waals surface area contributed by atoms with E-state index >= 15 is 0 Å². The van der Waals surface area contributed by atoms with Gasteiger partial charge in [-0.15, -0.1) is 0 Å². The summed E-state index contributed by atoms with van der Waals surface area (Å²) < 4.78 is 5.53. The molecule has 1 atom stereocenters. The van der Waals surface area contributed by atoms with Gasteiger partial charge in [-0.25, -0.2) is 0 Å². The smallest absolute Gasteiger partial charge is 0.287 e. The topological polar surface area (TPSA) is 42.2 Å². The van der Waals surface area contributed by atoms with E-state index in [0.717, 1.165) is 29.1 Å². The molecule has 1 N–H and O–H groups in total. The third-order valence-electron chi connectivity index (χ3n) is 3.30. The van der Waals surface area contributed by atoms with Crippen molar-refractivity contribution in [2.75, 3.05) is 11.9 Å². The molecule has 3 nitrogen and oxygen atoms in total. The summed E-state index contributed by atoms with van der Waals surface area (Å²) in [7, 11) is 0. The van der Waals surface area contributed by atoms with E-state index in [9.17, 15) is 4.79 Å². The van der Waals surface area contributed by atoms with Gasteiger partial charge in [-0.3, -0.25) is 4.79 Å². The summed E-state index contributed by atoms with van der Waals surface area (Å²) in [5.41, 5.74) is 0.750. The maximum Gasteiger partial charge on any atom is 0.287 e. The van der Waals surface area contributed by atoms with Gasteiger partial charge in [0.2, 0.25) is 0 Å². The van der Waals surface area contributed by atoms with Crippen LogP contribution in [0.4, 0.5) is 0 Å². The van der Waals surface area contributed by atoms with Crippen molar-refractivity contribution in [3.05, 3.63) is 36.1 Å². The normalized spacial score (nSPS) is 12.5. The largest absolute Gasteiger partial charge is 0.451 e. The van der Waals surface area contributed by atoms with Crippen LogP contribution in [-0.4, -0.2) is 17.8 Å². The molecule has 1 unspecified atom stereocenters. The minimum Gasteiger partial charge on any atom is -0.451 e. The maximum absolute atomic E-state index is 12.0. The molecule has 4 heteroatoms. The molecule has 0 saturated carbocycles. The molecule has 0 aliphatic rings. The van der Waals surface area contributed by atoms with Crippen LogP contribution in [0.2, 0.25) is 0 Å². The van der Waals surface area contributed by atoms with Gasteiger partial charge in [0, 0.05) is 17.3 Å². The number of fused-ring (bicyclic) bond motifs is 1. The molecule has 0 aliphatic heterocycles. The molecule has 19 heavy (non-hydrogen) atoms. The Labute approximate surface area is 121 Å². The van der Waals surface area contributed by atoms with Crippen LogP contribution in [0.25, 0.3) is 11.0 Å². The number of carbonyl (C=O) groups excluding carboxylic acids is 1. The average Bonchev–Trinajstić information content (AvgIpc) is 2.87. The van der Waals surface area contributed by atoms with E-state index in [0.29, 0.717) is 18.2 Å². The highest BCUT2D eigenvalue weighted by Gasteiger charge is 2.13. The number of nitrogens with one attached hydrogen (secondary N) is 1. The Hall–Kier alpha value is -1.29. The van der Waals surface area contributed by atoms with Gasteiger partial charge >= 0.3 is 0 Å². The maximum atomic E-state index is 12.0. The first-order valence-electron chi connectivity index (χ1n) is 6.57. The van der Waals surface area contributed by atoms with Crippen molar-refractivity contribution in [1.29, 1.82) is 0 Å². The molecular weight excluding hydrogens is 306 g/mol. The molecular formula is C15H18BrNO2. The number of furan rings is 1. The predicted octanol–water partition coefficient (Wildman–Crippen LogP) is 3.97. The van der Waals surface area contributed by atoms with Crippen molar-refractivity contribution in [3.8, 4) is 0 Å². The van der Waals surface area contributed by atoms with Gasteiger partial charge in [-0.2, -0.15) is 0 Å². The minimum atomic E-state index is -0.135. The van der Waals surface area contributed by atoms with Crippen LogP contribution in [0.5, 0.6) is 0 Å². The van der Waals surface area contributed by atoms with Gasteiger partial charge < -0.3 is 9.73 Å². The minimum absolute atomic E-state index is 0.135. The van der Waals surface area contributed by atoms with Crippen molar-refractivity contribution >= 4 is 32.8 Å². The molecule has 0 bridgehead atoms. The molecule has 2 aromatic rings. The second-order valence-electron chi connectivity index (χ2n) is 4.61. The number of benzene rings is 1. The number of rotatable bonds is 6. The summed E-state index contributed by atoms with van der Waals surface area (Å²) in [4.78, 5) is 12.0. The number of alkyl halides is 1. The van der Waals surface area contributed by atoms with E-state index < -0.39 is 0 Å². The first-order chi connectivity index (χ1) is 9.24. The Morgan fingerprint density at radius 2 is 2.21 bits per heavy atom. The number of halogens is 1. The van der Waals surface area contributed by atoms with E-state index in [-0.39, 0.29) is 5.91 Å². The molecule has 2 rings (SSSR count). The zero-order chi connectivity index (χ0) is 13.7. The molecule has 0 aliphatic carbocycles. The van der Waals surface area contributed by atoms with Crippen molar-refractivity contribution < 1.29 is 9.21 Å². The fourth-order valence-corrected chi connectivity index (χ4v) is 2.67. The first kappa shape index (κ1) is 14.1. The van der Waals surface area contributed by atoms with E-state index in [4.69, 9.17) is 4.42 Å². The number of hydrogen-bond donors (Lipinski definition) is 1. The van der Waals surface area contributed by atoms with Crippen LogP contribution in [0.1, 0.15) is 30.3 Å². The molecule has 1 aromatic heterocycles. The summed E-state index contributed by atoms with van der Waals surface area (Å²) in [6.07, 6.45) is 2.13. The van der Waals surface area contributed by atoms with Crippen molar-refractivity contribution in [2.45, 2.75) is 19.8 Å². The van der Waals surface area contributed by atoms with Crippen LogP contribution in [0, 0.1) is 5.92 Å². The lowest BCUT2D eigenvalue weighted by Crippen LogP contribution is -2.29. The third-order valence-corrected chi connectivity index (χ3v) is 3.75. The Kier molecular flexibility index (Phi) is 5.02. The molecule has 1 aromatic carbocycles. The molecule has 0 radical (unpaired) electrons. The lowest BCUT2D eigenvalue weighted by atomic mass is 10.0. The van der Waals surface area contributed by atoms with Crippen molar-refractivity contribution in [2.24, 2.45) is 5.92 Å². The Bertz CT molecular complexity index is 517. The van der Waals surface area contributed by atoms with E-state index in [1.54, 1.807) is 6.07 Å². The monoisotopic (exact) mass is 323 g/mol. The van der Waals surface area contributed by atoms with Gasteiger partial charge in [-0.1, -0.05) is 47.5 Å². The van der Waals surface area contributed by atoms with Gasteiger partial charge in [0.15, 0.2) is 5.76 Å². The number of carbonyl (C=O) groups is 1. The summed E-state index contributed by atoms with van der Waals surface area (Å²) in [6, 6.07) is 9.43. The highest BCUT2D eigenvalue weighted by molar-refractivity contribution is 9.09. The van der Waals surface area contributed by atoms with Gasteiger partial charge in [-0.05, 0) is 24.5 Å². The van der Waals surface area contributed by atoms with Gasteiger partial charge in [0.25, 0.3) is 5.91 Å². The SMILES string of the molecule is CCC(CCBr)CNC(=O)c1cc2ccccc2o1. The summed E-state index contributed by atoms with van der Waals surface area (Å²) in [5.74, 6) is 0.756. The third kappa shape index (κ3) is 3.60. The summed E-state index contributed by atoms with van der Waals surface area (Å²) >= 11 is 3.43. The van der Waals surface area contributed by atoms with Crippen molar-refractivity contribution in [1.82, 2.24) is 5.32 Å². The second-order valence-corrected chi connectivity index (χ2v) is 5.40. The highest BCUT2D eigenvalue weighted by Crippen LogP contribution is 2.18. The standard InChI is InChI=1S/C15H18BrNO2/c1-2-11(7-8-16)10-17-15(18)14-9-12-5-3-4-6-13(12)19-14/h3-6,9,11H,2,7-8,10H2,1H3,(H,17,18). The second kappa shape index (κ2) is 6.75. The van der Waals surface area contributed by atoms with Crippen molar-refractivity contribution in [3.63, 3.8) is 0 Å². The summed E-state index contributed by atoms with van der Waals surface area (Å²) in [6.45, 7) is 2.83. The van der Waals surface area contributed by atoms with Gasteiger partial charge in [0.1, 0.15) is 5.58 Å². The fraction of sp³-hybridized carbons (Fsp3) is 0.400. The zero-order valence-corrected chi connectivity index (χ0v) is 12.6. The Morgan fingerprint density at radius 3 is 2.89 bits per heavy atom. The number of amides is 1. The molecule has 0 fully saturated rings. The average molecular weight is 324 g/mol. The molecule has 1 amide bonds. The zero-order valence-electron chi connectivity index (χ0n) is 11.0. The lowest BCUT2D eigenvalue weighted by Gasteiger charge is -2.13. The highest BCUT2D eigenvalue weighted by atomic mass is 79.9. The first-order valence-corrected chi connectivity index (χ1v) is 7.69. The van der Waals surface area contributed by atoms with Crippen LogP contribution in [0.3, 0.4) is 0 Å². The van der Waals surface area contributed by atoms with E-state index in [2.05, 4.69) is 28.2 Å². The number of para-hydroxylation sites is 1. The quantitative estimate of drug-likeness (QED) is 0.817. The predicted molar refractivity (Wildman–Crippen MR) is 80.7 cm³/mol. The van der Waals surface area contributed by atoms with E-state index in [1.807, 2.05) is 24.3 Å². The fourth-order valence-electron chi connectivity index (χ4n) is 2.02. The number of hydrogen-bond acceptors (Lipinski definition) is 2. The Balaban J connectivity index is 1.99. The van der Waals surface area contributed by atoms with Crippen LogP contribution < -0.4 is 5.32 Å². The Morgan fingerprint density at radius 1 is 1.42 bits per heavy atom. The molecule has 1 heterocycles. The van der Waals surface area contributed by atoms with Gasteiger partial charge in [0.05, 0.1) is 0 Å². The van der Waals surface area contributed by atoms with Crippen LogP contribution >= 0.6 is 15.9 Å². The molecule has 0 spiro atoms. The van der Waals surface area contributed by atoms with Crippen LogP contribution in [-0.2, 0) is 0 Å². The van der Waals surface area contributed by atoms with E-state index in [1.165, 1.54) is 0 Å². The molecule has 102 valence electrons. The van der Waals surface area contributed by atoms with Crippen LogP contribution in [0.15, 0.2) is 34.7 Å².